The first-order valence-electron chi connectivity index (χ1n) is 6.37. The molecule has 21 heavy (non-hydrogen) atoms. The third-order valence-corrected chi connectivity index (χ3v) is 4.68. The van der Waals surface area contributed by atoms with E-state index in [9.17, 15) is 18.3 Å². The van der Waals surface area contributed by atoms with Crippen molar-refractivity contribution < 1.29 is 18.3 Å². The molecule has 0 spiro atoms. The molecule has 110 valence electrons. The van der Waals surface area contributed by atoms with Gasteiger partial charge in [-0.2, -0.15) is 0 Å². The van der Waals surface area contributed by atoms with Crippen molar-refractivity contribution in [1.82, 2.24) is 0 Å². The lowest BCUT2D eigenvalue weighted by Crippen LogP contribution is -2.29. The number of benzene rings is 2. The predicted octanol–water partition coefficient (Wildman–Crippen LogP) is 2.87. The molecule has 0 amide bonds. The van der Waals surface area contributed by atoms with E-state index in [2.05, 4.69) is 0 Å². The van der Waals surface area contributed by atoms with Gasteiger partial charge >= 0.3 is 5.97 Å². The van der Waals surface area contributed by atoms with E-state index >= 15 is 0 Å². The molecule has 0 aromatic heterocycles. The summed E-state index contributed by atoms with van der Waals surface area (Å²) in [7, 11) is -3.65. The Kier molecular flexibility index (Phi) is 4.28. The van der Waals surface area contributed by atoms with Crippen molar-refractivity contribution in [2.45, 2.75) is 6.92 Å². The van der Waals surface area contributed by atoms with Gasteiger partial charge in [-0.3, -0.25) is 0 Å². The molecule has 0 fully saturated rings. The first kappa shape index (κ1) is 15.1. The highest BCUT2D eigenvalue weighted by atomic mass is 32.2. The molecule has 0 radical (unpaired) electrons. The number of hydrogen-bond acceptors (Lipinski definition) is 3. The molecule has 0 aliphatic carbocycles. The van der Waals surface area contributed by atoms with Crippen LogP contribution in [0.5, 0.6) is 0 Å². The van der Waals surface area contributed by atoms with Crippen LogP contribution in [0.4, 0.5) is 11.4 Å². The minimum absolute atomic E-state index is 0.0571. The van der Waals surface area contributed by atoms with Gasteiger partial charge < -0.3 is 5.11 Å². The van der Waals surface area contributed by atoms with E-state index in [0.717, 1.165) is 4.31 Å². The zero-order valence-electron chi connectivity index (χ0n) is 11.4. The first-order chi connectivity index (χ1) is 9.97. The van der Waals surface area contributed by atoms with Crippen molar-refractivity contribution in [3.05, 3.63) is 60.2 Å². The number of carbonyl (C=O) groups is 1. The van der Waals surface area contributed by atoms with Gasteiger partial charge in [-0.25, -0.2) is 17.5 Å². The summed E-state index contributed by atoms with van der Waals surface area (Å²) in [5.41, 5.74) is 0.490. The molecule has 0 heterocycles. The van der Waals surface area contributed by atoms with E-state index in [1.54, 1.807) is 42.5 Å². The molecule has 0 saturated carbocycles. The SMILES string of the molecule is CCS(=O)(=O)N(c1ccccc1)c1ccccc1C(=O)O. The molecule has 0 aliphatic heterocycles. The van der Waals surface area contributed by atoms with Gasteiger partial charge in [0, 0.05) is 0 Å². The maximum absolute atomic E-state index is 12.4. The maximum atomic E-state index is 12.4. The molecule has 6 heteroatoms. The Labute approximate surface area is 123 Å². The second kappa shape index (κ2) is 5.97. The Bertz CT molecular complexity index is 741. The third-order valence-electron chi connectivity index (χ3n) is 2.99. The summed E-state index contributed by atoms with van der Waals surface area (Å²) in [6, 6.07) is 14.5. The zero-order valence-corrected chi connectivity index (χ0v) is 12.2. The summed E-state index contributed by atoms with van der Waals surface area (Å²) in [5, 5.41) is 9.28. The molecule has 5 nitrogen and oxygen atoms in total. The Morgan fingerprint density at radius 1 is 1.05 bits per heavy atom. The molecule has 0 saturated heterocycles. The minimum Gasteiger partial charge on any atom is -0.478 e. The highest BCUT2D eigenvalue weighted by molar-refractivity contribution is 7.93. The highest BCUT2D eigenvalue weighted by Gasteiger charge is 2.26. The molecule has 2 rings (SSSR count). The smallest absolute Gasteiger partial charge is 0.337 e. The molecule has 2 aromatic carbocycles. The number of carboxylic acid groups (broad SMARTS) is 1. The van der Waals surface area contributed by atoms with E-state index in [1.807, 2.05) is 0 Å². The molecule has 0 aliphatic rings. The van der Waals surface area contributed by atoms with Gasteiger partial charge in [0.1, 0.15) is 0 Å². The van der Waals surface area contributed by atoms with Gasteiger partial charge in [-0.15, -0.1) is 0 Å². The van der Waals surface area contributed by atoms with Gasteiger partial charge in [0.2, 0.25) is 10.0 Å². The lowest BCUT2D eigenvalue weighted by molar-refractivity contribution is 0.0698. The predicted molar refractivity (Wildman–Crippen MR) is 81.4 cm³/mol. The summed E-state index contributed by atoms with van der Waals surface area (Å²) in [4.78, 5) is 11.4. The lowest BCUT2D eigenvalue weighted by Gasteiger charge is -2.25. The average Bonchev–Trinajstić information content (AvgIpc) is 2.48. The monoisotopic (exact) mass is 305 g/mol. The number of hydrogen-bond donors (Lipinski definition) is 1. The van der Waals surface area contributed by atoms with Crippen LogP contribution < -0.4 is 4.31 Å². The van der Waals surface area contributed by atoms with E-state index in [-0.39, 0.29) is 17.0 Å². The van der Waals surface area contributed by atoms with Gasteiger partial charge in [0.25, 0.3) is 0 Å². The van der Waals surface area contributed by atoms with Crippen molar-refractivity contribution in [2.24, 2.45) is 0 Å². The summed E-state index contributed by atoms with van der Waals surface area (Å²) in [6.45, 7) is 1.52. The van der Waals surface area contributed by atoms with Crippen LogP contribution in [0.15, 0.2) is 54.6 Å². The average molecular weight is 305 g/mol. The second-order valence-electron chi connectivity index (χ2n) is 4.32. The van der Waals surface area contributed by atoms with Crippen molar-refractivity contribution >= 4 is 27.4 Å². The number of anilines is 2. The normalized spacial score (nSPS) is 11.1. The van der Waals surface area contributed by atoms with Crippen LogP contribution in [0.3, 0.4) is 0 Å². The number of carboxylic acids is 1. The first-order valence-corrected chi connectivity index (χ1v) is 7.98. The third kappa shape index (κ3) is 3.05. The van der Waals surface area contributed by atoms with Gasteiger partial charge in [-0.1, -0.05) is 30.3 Å². The van der Waals surface area contributed by atoms with Crippen LogP contribution in [-0.2, 0) is 10.0 Å². The summed E-state index contributed by atoms with van der Waals surface area (Å²) in [5.74, 6) is -1.30. The molecule has 1 N–H and O–H groups in total. The maximum Gasteiger partial charge on any atom is 0.337 e. The number of rotatable bonds is 5. The van der Waals surface area contributed by atoms with Crippen molar-refractivity contribution in [3.8, 4) is 0 Å². The van der Waals surface area contributed by atoms with Gasteiger partial charge in [0.05, 0.1) is 22.7 Å². The minimum atomic E-state index is -3.65. The van der Waals surface area contributed by atoms with Crippen LogP contribution in [-0.4, -0.2) is 25.2 Å². The standard InChI is InChI=1S/C15H15NO4S/c1-2-21(19,20)16(12-8-4-3-5-9-12)14-11-7-6-10-13(14)15(17)18/h3-11H,2H2,1H3,(H,17,18). The topological polar surface area (TPSA) is 74.7 Å². The van der Waals surface area contributed by atoms with Crippen molar-refractivity contribution in [1.29, 1.82) is 0 Å². The van der Waals surface area contributed by atoms with Gasteiger partial charge in [0.15, 0.2) is 0 Å². The largest absolute Gasteiger partial charge is 0.478 e. The van der Waals surface area contributed by atoms with Gasteiger partial charge in [-0.05, 0) is 31.2 Å². The molecule has 0 unspecified atom stereocenters. The molecule has 2 aromatic rings. The highest BCUT2D eigenvalue weighted by Crippen LogP contribution is 2.31. The molecular formula is C15H15NO4S. The lowest BCUT2D eigenvalue weighted by atomic mass is 10.1. The number of aromatic carboxylic acids is 1. The van der Waals surface area contributed by atoms with Crippen molar-refractivity contribution in [3.63, 3.8) is 0 Å². The molecular weight excluding hydrogens is 290 g/mol. The van der Waals surface area contributed by atoms with Crippen LogP contribution in [0, 0.1) is 0 Å². The van der Waals surface area contributed by atoms with Crippen LogP contribution >= 0.6 is 0 Å². The van der Waals surface area contributed by atoms with E-state index in [4.69, 9.17) is 0 Å². The second-order valence-corrected chi connectivity index (χ2v) is 6.43. The summed E-state index contributed by atoms with van der Waals surface area (Å²) in [6.07, 6.45) is 0. The number of nitrogens with zero attached hydrogens (tertiary/aromatic N) is 1. The van der Waals surface area contributed by atoms with E-state index in [0.29, 0.717) is 5.69 Å². The van der Waals surface area contributed by atoms with E-state index < -0.39 is 16.0 Å². The Morgan fingerprint density at radius 3 is 2.19 bits per heavy atom. The van der Waals surface area contributed by atoms with E-state index in [1.165, 1.54) is 19.1 Å². The van der Waals surface area contributed by atoms with Crippen LogP contribution in [0.1, 0.15) is 17.3 Å². The molecule has 0 atom stereocenters. The Hall–Kier alpha value is -2.34. The fourth-order valence-corrected chi connectivity index (χ4v) is 3.13. The number of para-hydroxylation sites is 2. The quantitative estimate of drug-likeness (QED) is 0.921. The fourth-order valence-electron chi connectivity index (χ4n) is 1.97. The van der Waals surface area contributed by atoms with Crippen molar-refractivity contribution in [2.75, 3.05) is 10.1 Å². The van der Waals surface area contributed by atoms with Crippen LogP contribution in [0.25, 0.3) is 0 Å². The zero-order chi connectivity index (χ0) is 15.5. The summed E-state index contributed by atoms with van der Waals surface area (Å²) < 4.78 is 25.9. The fraction of sp³-hybridized carbons (Fsp3) is 0.133. The Morgan fingerprint density at radius 2 is 1.62 bits per heavy atom. The summed E-state index contributed by atoms with van der Waals surface area (Å²) >= 11 is 0. The number of sulfonamides is 1. The van der Waals surface area contributed by atoms with Crippen LogP contribution in [0.2, 0.25) is 0 Å². The Balaban J connectivity index is 2.71. The molecule has 0 bridgehead atoms.